The van der Waals surface area contributed by atoms with Crippen molar-refractivity contribution in [2.75, 3.05) is 6.26 Å². The minimum atomic E-state index is -4.85. The molecular weight excluding hydrogens is 350 g/mol. The molecule has 22 heavy (non-hydrogen) atoms. The Balaban J connectivity index is 2.16. The van der Waals surface area contributed by atoms with Gasteiger partial charge in [-0.2, -0.15) is 24.9 Å². The molecule has 0 amide bonds. The normalized spacial score (nSPS) is 23.3. The monoisotopic (exact) mass is 362 g/mol. The fraction of sp³-hybridized carbons (Fsp3) is 0.538. The molecule has 0 N–H and O–H groups in total. The number of hydrogen-bond donors (Lipinski definition) is 0. The van der Waals surface area contributed by atoms with Crippen LogP contribution in [0.3, 0.4) is 0 Å². The molecule has 9 heteroatoms. The Kier molecular flexibility index (Phi) is 5.06. The Labute approximate surface area is 131 Å². The molecule has 1 aromatic rings. The molecular formula is C13H12F6OS2. The van der Waals surface area contributed by atoms with Gasteiger partial charge in [-0.05, 0) is 43.2 Å². The highest BCUT2D eigenvalue weighted by Gasteiger charge is 2.44. The van der Waals surface area contributed by atoms with Gasteiger partial charge in [0.05, 0.1) is 0 Å². The lowest BCUT2D eigenvalue weighted by Gasteiger charge is -2.36. The number of thiophene rings is 1. The van der Waals surface area contributed by atoms with Crippen molar-refractivity contribution in [3.63, 3.8) is 0 Å². The summed E-state index contributed by atoms with van der Waals surface area (Å²) in [7, 11) is 0. The summed E-state index contributed by atoms with van der Waals surface area (Å²) in [6.07, 6.45) is -5.69. The molecule has 0 aromatic carbocycles. The van der Waals surface area contributed by atoms with Crippen LogP contribution in [0.15, 0.2) is 17.7 Å². The summed E-state index contributed by atoms with van der Waals surface area (Å²) < 4.78 is 79.2. The van der Waals surface area contributed by atoms with Crippen LogP contribution in [0.5, 0.6) is 5.06 Å². The maximum absolute atomic E-state index is 13.1. The molecule has 2 rings (SSSR count). The number of alkyl halides is 6. The largest absolute Gasteiger partial charge is 0.573 e. The summed E-state index contributed by atoms with van der Waals surface area (Å²) in [5, 5.41) is -0.265. The van der Waals surface area contributed by atoms with Crippen molar-refractivity contribution in [1.82, 2.24) is 0 Å². The van der Waals surface area contributed by atoms with E-state index >= 15 is 0 Å². The van der Waals surface area contributed by atoms with Gasteiger partial charge in [-0.25, -0.2) is 0 Å². The molecule has 0 bridgehead atoms. The lowest BCUT2D eigenvalue weighted by molar-refractivity contribution is -0.273. The van der Waals surface area contributed by atoms with Crippen LogP contribution in [0.1, 0.15) is 17.7 Å². The lowest BCUT2D eigenvalue weighted by atomic mass is 9.78. The zero-order valence-corrected chi connectivity index (χ0v) is 12.9. The topological polar surface area (TPSA) is 9.23 Å². The van der Waals surface area contributed by atoms with Crippen molar-refractivity contribution in [3.8, 4) is 5.06 Å². The van der Waals surface area contributed by atoms with Crippen molar-refractivity contribution in [1.29, 1.82) is 0 Å². The highest BCUT2D eigenvalue weighted by atomic mass is 32.2. The minimum Gasteiger partial charge on any atom is -0.396 e. The molecule has 1 fully saturated rings. The first kappa shape index (κ1) is 17.5. The molecule has 1 nitrogen and oxygen atoms in total. The van der Waals surface area contributed by atoms with Crippen LogP contribution in [0, 0.1) is 5.92 Å². The Morgan fingerprint density at radius 3 is 2.36 bits per heavy atom. The first-order valence-electron chi connectivity index (χ1n) is 6.25. The van der Waals surface area contributed by atoms with E-state index in [1.54, 1.807) is 0 Å². The van der Waals surface area contributed by atoms with E-state index in [4.69, 9.17) is 0 Å². The average Bonchev–Trinajstić information content (AvgIpc) is 2.70. The van der Waals surface area contributed by atoms with E-state index in [2.05, 4.69) is 4.74 Å². The van der Waals surface area contributed by atoms with Gasteiger partial charge in [-0.1, -0.05) is 11.3 Å². The van der Waals surface area contributed by atoms with E-state index in [-0.39, 0.29) is 10.1 Å². The quantitative estimate of drug-likeness (QED) is 0.632. The molecule has 1 heterocycles. The van der Waals surface area contributed by atoms with Gasteiger partial charge in [0, 0.05) is 15.7 Å². The number of ether oxygens (including phenoxy) is 1. The minimum absolute atomic E-state index is 0.0965. The number of hydrogen-bond acceptors (Lipinski definition) is 3. The Morgan fingerprint density at radius 1 is 1.23 bits per heavy atom. The number of allylic oxidation sites excluding steroid dienone is 1. The van der Waals surface area contributed by atoms with Gasteiger partial charge in [0.15, 0.2) is 5.06 Å². The summed E-state index contributed by atoms with van der Waals surface area (Å²) in [5.74, 6) is -0.591. The Bertz CT molecular complexity index is 539. The second-order valence-electron chi connectivity index (χ2n) is 4.83. The SMILES string of the molecule is CSC1CC(/C(=C/c2ccc(OC(F)(F)F)s2)C(F)(F)F)C1. The van der Waals surface area contributed by atoms with Crippen LogP contribution in [0.2, 0.25) is 0 Å². The lowest BCUT2D eigenvalue weighted by Crippen LogP contribution is -2.32. The van der Waals surface area contributed by atoms with Crippen molar-refractivity contribution < 1.29 is 31.1 Å². The Morgan fingerprint density at radius 2 is 1.86 bits per heavy atom. The fourth-order valence-corrected chi connectivity index (χ4v) is 3.85. The fourth-order valence-electron chi connectivity index (χ4n) is 2.18. The maximum Gasteiger partial charge on any atom is 0.573 e. The first-order chi connectivity index (χ1) is 10.1. The van der Waals surface area contributed by atoms with E-state index in [1.165, 1.54) is 17.8 Å². The molecule has 0 aliphatic heterocycles. The summed E-state index contributed by atoms with van der Waals surface area (Å²) >= 11 is 2.06. The summed E-state index contributed by atoms with van der Waals surface area (Å²) in [6.45, 7) is 0. The van der Waals surface area contributed by atoms with E-state index in [9.17, 15) is 26.3 Å². The van der Waals surface area contributed by atoms with Gasteiger partial charge in [0.2, 0.25) is 0 Å². The third kappa shape index (κ3) is 4.58. The molecule has 1 aliphatic carbocycles. The second kappa shape index (κ2) is 6.35. The summed E-state index contributed by atoms with van der Waals surface area (Å²) in [6, 6.07) is 2.21. The van der Waals surface area contributed by atoms with Gasteiger partial charge >= 0.3 is 12.5 Å². The van der Waals surface area contributed by atoms with Crippen LogP contribution in [0.4, 0.5) is 26.3 Å². The predicted octanol–water partition coefficient (Wildman–Crippen LogP) is 5.73. The van der Waals surface area contributed by atoms with Crippen molar-refractivity contribution in [2.24, 2.45) is 5.92 Å². The van der Waals surface area contributed by atoms with Crippen LogP contribution < -0.4 is 4.74 Å². The molecule has 1 aromatic heterocycles. The third-order valence-corrected chi connectivity index (χ3v) is 5.27. The molecule has 0 spiro atoms. The van der Waals surface area contributed by atoms with Gasteiger partial charge in [0.1, 0.15) is 0 Å². The predicted molar refractivity (Wildman–Crippen MR) is 75.1 cm³/mol. The number of thioether (sulfide) groups is 1. The number of halogens is 6. The summed E-state index contributed by atoms with van der Waals surface area (Å²) in [4.78, 5) is 0.0965. The standard InChI is InChI=1S/C13H12F6OS2/c1-21-9-4-7(5-9)10(12(14,15)16)6-8-2-3-11(22-8)20-13(17,18)19/h2-3,6-7,9H,4-5H2,1H3/b10-6-. The number of rotatable bonds is 4. The highest BCUT2D eigenvalue weighted by molar-refractivity contribution is 7.99. The van der Waals surface area contributed by atoms with E-state index in [0.29, 0.717) is 24.2 Å². The molecule has 1 aliphatic rings. The van der Waals surface area contributed by atoms with Crippen LogP contribution >= 0.6 is 23.1 Å². The average molecular weight is 362 g/mol. The zero-order chi connectivity index (χ0) is 16.5. The van der Waals surface area contributed by atoms with E-state index in [0.717, 1.165) is 12.1 Å². The van der Waals surface area contributed by atoms with Crippen molar-refractivity contribution in [2.45, 2.75) is 30.6 Å². The Hall–Kier alpha value is -0.830. The smallest absolute Gasteiger partial charge is 0.396 e. The van der Waals surface area contributed by atoms with E-state index in [1.807, 2.05) is 6.26 Å². The van der Waals surface area contributed by atoms with Crippen LogP contribution in [-0.2, 0) is 0 Å². The molecule has 124 valence electrons. The van der Waals surface area contributed by atoms with Gasteiger partial charge in [-0.3, -0.25) is 0 Å². The molecule has 0 saturated heterocycles. The zero-order valence-electron chi connectivity index (χ0n) is 11.3. The molecule has 0 atom stereocenters. The molecule has 1 saturated carbocycles. The first-order valence-corrected chi connectivity index (χ1v) is 8.36. The van der Waals surface area contributed by atoms with E-state index < -0.39 is 29.1 Å². The molecule has 0 unspecified atom stereocenters. The summed E-state index contributed by atoms with van der Waals surface area (Å²) in [5.41, 5.74) is -0.682. The second-order valence-corrected chi connectivity index (χ2v) is 7.04. The van der Waals surface area contributed by atoms with Crippen LogP contribution in [0.25, 0.3) is 6.08 Å². The maximum atomic E-state index is 13.1. The van der Waals surface area contributed by atoms with Gasteiger partial charge in [0.25, 0.3) is 0 Å². The van der Waals surface area contributed by atoms with Gasteiger partial charge < -0.3 is 4.74 Å². The molecule has 0 radical (unpaired) electrons. The van der Waals surface area contributed by atoms with Gasteiger partial charge in [-0.15, -0.1) is 13.2 Å². The highest BCUT2D eigenvalue weighted by Crippen LogP contribution is 2.47. The van der Waals surface area contributed by atoms with Crippen LogP contribution in [-0.4, -0.2) is 24.0 Å². The third-order valence-electron chi connectivity index (χ3n) is 3.31. The van der Waals surface area contributed by atoms with Crippen molar-refractivity contribution >= 4 is 29.2 Å². The van der Waals surface area contributed by atoms with Crippen molar-refractivity contribution in [3.05, 3.63) is 22.6 Å².